The van der Waals surface area contributed by atoms with Gasteiger partial charge in [-0.1, -0.05) is 42.5 Å². The maximum Gasteiger partial charge on any atom is 0.335 e. The molecule has 2 aliphatic rings. The van der Waals surface area contributed by atoms with E-state index in [4.69, 9.17) is 5.11 Å². The molecular weight excluding hydrogens is 468 g/mol. The van der Waals surface area contributed by atoms with Gasteiger partial charge in [-0.2, -0.15) is 0 Å². The van der Waals surface area contributed by atoms with E-state index in [0.29, 0.717) is 18.7 Å². The highest BCUT2D eigenvalue weighted by Crippen LogP contribution is 2.44. The van der Waals surface area contributed by atoms with Crippen molar-refractivity contribution < 1.29 is 19.5 Å². The average molecular weight is 495 g/mol. The fourth-order valence-electron chi connectivity index (χ4n) is 5.64. The number of nitrogens with one attached hydrogen (secondary N) is 1. The quantitative estimate of drug-likeness (QED) is 0.440. The lowest BCUT2D eigenvalue weighted by Gasteiger charge is -2.46. The minimum Gasteiger partial charge on any atom is -0.478 e. The van der Waals surface area contributed by atoms with E-state index in [2.05, 4.69) is 16.3 Å². The molecule has 0 saturated heterocycles. The summed E-state index contributed by atoms with van der Waals surface area (Å²) in [4.78, 5) is 41.8. The lowest BCUT2D eigenvalue weighted by Crippen LogP contribution is -2.51. The number of carbonyl (C=O) groups is 3. The molecule has 1 aromatic heterocycles. The number of nitrogens with zero attached hydrogens (tertiary/aromatic N) is 3. The number of carboxylic acid groups (broad SMARTS) is 1. The van der Waals surface area contributed by atoms with Crippen LogP contribution < -0.4 is 10.2 Å². The molecule has 0 saturated carbocycles. The summed E-state index contributed by atoms with van der Waals surface area (Å²) in [5, 5.41) is 13.2. The van der Waals surface area contributed by atoms with Crippen molar-refractivity contribution in [3.63, 3.8) is 0 Å². The molecular formula is C29H26N4O4. The van der Waals surface area contributed by atoms with Gasteiger partial charge in [-0.15, -0.1) is 0 Å². The Kier molecular flexibility index (Phi) is 5.44. The molecule has 6 rings (SSSR count). The van der Waals surface area contributed by atoms with Crippen LogP contribution in [0.25, 0.3) is 10.9 Å². The van der Waals surface area contributed by atoms with Gasteiger partial charge >= 0.3 is 5.97 Å². The first-order chi connectivity index (χ1) is 17.9. The predicted octanol–water partition coefficient (Wildman–Crippen LogP) is 3.80. The van der Waals surface area contributed by atoms with Crippen molar-refractivity contribution in [2.45, 2.75) is 25.7 Å². The second kappa shape index (κ2) is 8.81. The van der Waals surface area contributed by atoms with E-state index in [9.17, 15) is 14.4 Å². The van der Waals surface area contributed by atoms with Crippen LogP contribution >= 0.6 is 0 Å². The Labute approximate surface area is 213 Å². The molecule has 8 heteroatoms. The number of benzene rings is 3. The molecule has 1 atom stereocenters. The zero-order valence-corrected chi connectivity index (χ0v) is 20.3. The topological polar surface area (TPSA) is 94.9 Å². The molecule has 2 aliphatic heterocycles. The number of fused-ring (bicyclic) bond motifs is 6. The fraction of sp³-hybridized carbons (Fsp3) is 0.207. The second-order valence-corrected chi connectivity index (χ2v) is 9.50. The van der Waals surface area contributed by atoms with Gasteiger partial charge in [0.1, 0.15) is 12.7 Å². The van der Waals surface area contributed by atoms with Crippen molar-refractivity contribution in [1.29, 1.82) is 0 Å². The van der Waals surface area contributed by atoms with Crippen LogP contribution in [0, 0.1) is 0 Å². The smallest absolute Gasteiger partial charge is 0.335 e. The Hall–Kier alpha value is -4.59. The van der Waals surface area contributed by atoms with Gasteiger partial charge in [-0.25, -0.2) is 4.79 Å². The maximum atomic E-state index is 13.5. The summed E-state index contributed by atoms with van der Waals surface area (Å²) >= 11 is 0. The average Bonchev–Trinajstić information content (AvgIpc) is 3.24. The van der Waals surface area contributed by atoms with Gasteiger partial charge in [0.2, 0.25) is 5.91 Å². The SMILES string of the molecule is CN1c2ccccc2C(=O)N2CCc3c(n(CC(=O)NCc4ccc(C(=O)O)cc4)c4ccccc34)C21. The Balaban J connectivity index is 1.34. The standard InChI is InChI=1S/C29H26N4O4/c1-31-23-8-4-3-7-22(23)28(35)32-15-14-21-20-6-2-5-9-24(20)33(26(21)27(31)32)17-25(34)30-16-18-10-12-19(13-11-18)29(36)37/h2-13,27H,14-17H2,1H3,(H,30,34)(H,36,37). The van der Waals surface area contributed by atoms with Crippen molar-refractivity contribution in [3.8, 4) is 0 Å². The van der Waals surface area contributed by atoms with E-state index in [1.807, 2.05) is 59.0 Å². The third-order valence-electron chi connectivity index (χ3n) is 7.40. The van der Waals surface area contributed by atoms with E-state index in [0.717, 1.165) is 34.3 Å². The molecule has 37 heavy (non-hydrogen) atoms. The first-order valence-electron chi connectivity index (χ1n) is 12.3. The number of hydrogen-bond acceptors (Lipinski definition) is 4. The molecule has 186 valence electrons. The highest BCUT2D eigenvalue weighted by Gasteiger charge is 2.42. The summed E-state index contributed by atoms with van der Waals surface area (Å²) in [5.74, 6) is -1.13. The van der Waals surface area contributed by atoms with Crippen molar-refractivity contribution in [2.24, 2.45) is 0 Å². The molecule has 3 aromatic carbocycles. The molecule has 2 amide bonds. The minimum absolute atomic E-state index is 0.00964. The summed E-state index contributed by atoms with van der Waals surface area (Å²) in [6.07, 6.45) is 0.411. The monoisotopic (exact) mass is 494 g/mol. The van der Waals surface area contributed by atoms with Gasteiger partial charge in [-0.05, 0) is 47.9 Å². The van der Waals surface area contributed by atoms with Gasteiger partial charge in [0.25, 0.3) is 5.91 Å². The molecule has 1 unspecified atom stereocenters. The van der Waals surface area contributed by atoms with Crippen molar-refractivity contribution >= 4 is 34.4 Å². The first-order valence-corrected chi connectivity index (χ1v) is 12.3. The van der Waals surface area contributed by atoms with E-state index in [1.54, 1.807) is 12.1 Å². The largest absolute Gasteiger partial charge is 0.478 e. The highest BCUT2D eigenvalue weighted by molar-refractivity contribution is 6.02. The molecule has 0 aliphatic carbocycles. The van der Waals surface area contributed by atoms with Gasteiger partial charge in [0.15, 0.2) is 0 Å². The number of para-hydroxylation sites is 2. The van der Waals surface area contributed by atoms with Crippen molar-refractivity contribution in [1.82, 2.24) is 14.8 Å². The summed E-state index contributed by atoms with van der Waals surface area (Å²) in [6.45, 7) is 1.01. The predicted molar refractivity (Wildman–Crippen MR) is 140 cm³/mol. The summed E-state index contributed by atoms with van der Waals surface area (Å²) in [7, 11) is 2.00. The van der Waals surface area contributed by atoms with Crippen LogP contribution in [0.15, 0.2) is 72.8 Å². The number of carboxylic acids is 1. The third kappa shape index (κ3) is 3.72. The number of aromatic carboxylic acids is 1. The van der Waals surface area contributed by atoms with E-state index in [1.165, 1.54) is 17.7 Å². The van der Waals surface area contributed by atoms with Crippen molar-refractivity contribution in [2.75, 3.05) is 18.5 Å². The Morgan fingerprint density at radius 3 is 2.51 bits per heavy atom. The Bertz CT molecular complexity index is 1560. The Morgan fingerprint density at radius 1 is 1.00 bits per heavy atom. The number of hydrogen-bond donors (Lipinski definition) is 2. The lowest BCUT2D eigenvalue weighted by molar-refractivity contribution is -0.121. The molecule has 3 heterocycles. The molecule has 8 nitrogen and oxygen atoms in total. The van der Waals surface area contributed by atoms with E-state index in [-0.39, 0.29) is 30.1 Å². The van der Waals surface area contributed by atoms with Gasteiger partial charge in [0, 0.05) is 31.0 Å². The van der Waals surface area contributed by atoms with Crippen LogP contribution in [0.3, 0.4) is 0 Å². The highest BCUT2D eigenvalue weighted by atomic mass is 16.4. The molecule has 0 radical (unpaired) electrons. The van der Waals surface area contributed by atoms with Crippen LogP contribution in [0.2, 0.25) is 0 Å². The molecule has 0 spiro atoms. The number of amides is 2. The molecule has 2 N–H and O–H groups in total. The van der Waals surface area contributed by atoms with E-state index < -0.39 is 5.97 Å². The van der Waals surface area contributed by atoms with Gasteiger partial charge < -0.3 is 24.8 Å². The van der Waals surface area contributed by atoms with E-state index >= 15 is 0 Å². The normalized spacial score (nSPS) is 16.2. The van der Waals surface area contributed by atoms with Crippen LogP contribution in [-0.2, 0) is 24.3 Å². The van der Waals surface area contributed by atoms with Gasteiger partial charge in [-0.3, -0.25) is 9.59 Å². The Morgan fingerprint density at radius 2 is 1.73 bits per heavy atom. The molecule has 4 aromatic rings. The number of carbonyl (C=O) groups excluding carboxylic acids is 2. The molecule has 0 fully saturated rings. The van der Waals surface area contributed by atoms with Crippen molar-refractivity contribution in [3.05, 3.63) is 101 Å². The zero-order valence-electron chi connectivity index (χ0n) is 20.3. The second-order valence-electron chi connectivity index (χ2n) is 9.50. The van der Waals surface area contributed by atoms with Gasteiger partial charge in [0.05, 0.1) is 22.5 Å². The van der Waals surface area contributed by atoms with Crippen LogP contribution in [0.5, 0.6) is 0 Å². The fourth-order valence-corrected chi connectivity index (χ4v) is 5.64. The lowest BCUT2D eigenvalue weighted by atomic mass is 9.96. The number of aromatic nitrogens is 1. The maximum absolute atomic E-state index is 13.5. The van der Waals surface area contributed by atoms with Crippen LogP contribution in [-0.4, -0.2) is 45.9 Å². The van der Waals surface area contributed by atoms with Crippen LogP contribution in [0.1, 0.15) is 43.7 Å². The zero-order chi connectivity index (χ0) is 25.7. The number of rotatable bonds is 5. The molecule has 0 bridgehead atoms. The minimum atomic E-state index is -0.984. The number of anilines is 1. The van der Waals surface area contributed by atoms with Crippen LogP contribution in [0.4, 0.5) is 5.69 Å². The third-order valence-corrected chi connectivity index (χ3v) is 7.40. The summed E-state index contributed by atoms with van der Waals surface area (Å²) in [6, 6.07) is 22.2. The first kappa shape index (κ1) is 22.8. The summed E-state index contributed by atoms with van der Waals surface area (Å²) < 4.78 is 2.04. The summed E-state index contributed by atoms with van der Waals surface area (Å²) in [5.41, 5.74) is 5.71.